The van der Waals surface area contributed by atoms with Gasteiger partial charge in [-0.15, -0.1) is 10.2 Å². The fourth-order valence-corrected chi connectivity index (χ4v) is 4.18. The molecule has 0 saturated carbocycles. The van der Waals surface area contributed by atoms with E-state index in [0.717, 1.165) is 0 Å². The van der Waals surface area contributed by atoms with Crippen LogP contribution in [0.2, 0.25) is 0 Å². The number of carboxylic acid groups (broad SMARTS) is 1. The van der Waals surface area contributed by atoms with Gasteiger partial charge >= 0.3 is 6.09 Å². The van der Waals surface area contributed by atoms with Crippen molar-refractivity contribution >= 4 is 28.5 Å². The number of carbonyl (C=O) groups is 2. The molecule has 2 aromatic rings. The molecule has 1 saturated heterocycles. The summed E-state index contributed by atoms with van der Waals surface area (Å²) in [4.78, 5) is 24.7. The Balaban J connectivity index is 1.79. The van der Waals surface area contributed by atoms with Gasteiger partial charge in [0.25, 0.3) is 5.91 Å². The first kappa shape index (κ1) is 19.1. The highest BCUT2D eigenvalue weighted by atomic mass is 32.1. The molecule has 0 aliphatic carbocycles. The molecule has 1 atom stereocenters. The van der Waals surface area contributed by atoms with E-state index in [-0.39, 0.29) is 6.04 Å². The van der Waals surface area contributed by atoms with Crippen LogP contribution in [-0.2, 0) is 15.1 Å². The number of hydrogen-bond acceptors (Lipinski definition) is 7. The summed E-state index contributed by atoms with van der Waals surface area (Å²) in [5.74, 6) is -0.673. The molecule has 2 amide bonds. The lowest BCUT2D eigenvalue weighted by Gasteiger charge is -2.30. The molecule has 10 heteroatoms. The predicted octanol–water partition coefficient (Wildman–Crippen LogP) is 1.47. The van der Waals surface area contributed by atoms with Gasteiger partial charge in [0.2, 0.25) is 10.7 Å². The van der Waals surface area contributed by atoms with E-state index in [2.05, 4.69) is 15.5 Å². The number of anilines is 1. The molecular formula is C17H21N5O4S. The molecule has 1 aliphatic rings. The normalized spacial score (nSPS) is 17.3. The first-order valence-electron chi connectivity index (χ1n) is 8.46. The van der Waals surface area contributed by atoms with Crippen molar-refractivity contribution in [1.82, 2.24) is 15.1 Å². The smallest absolute Gasteiger partial charge is 0.407 e. The molecule has 4 N–H and O–H groups in total. The second kappa shape index (κ2) is 7.89. The summed E-state index contributed by atoms with van der Waals surface area (Å²) in [6, 6.07) is 9.02. The Hall–Kier alpha value is -2.72. The van der Waals surface area contributed by atoms with E-state index in [1.54, 1.807) is 24.3 Å². The summed E-state index contributed by atoms with van der Waals surface area (Å²) in [5.41, 5.74) is 4.75. The lowest BCUT2D eigenvalue weighted by molar-refractivity contribution is -0.136. The van der Waals surface area contributed by atoms with Crippen LogP contribution in [0.4, 0.5) is 9.93 Å². The molecule has 0 unspecified atom stereocenters. The second-order valence-corrected chi connectivity index (χ2v) is 7.19. The second-order valence-electron chi connectivity index (χ2n) is 6.22. The number of nitrogens with one attached hydrogen (secondary N) is 1. The van der Waals surface area contributed by atoms with E-state index in [1.807, 2.05) is 6.07 Å². The van der Waals surface area contributed by atoms with Gasteiger partial charge in [-0.25, -0.2) is 4.79 Å². The summed E-state index contributed by atoms with van der Waals surface area (Å²) >= 11 is 1.20. The number of nitrogens with two attached hydrogens (primary N) is 1. The number of amides is 2. The number of aromatic nitrogens is 2. The maximum Gasteiger partial charge on any atom is 0.407 e. The number of rotatable bonds is 6. The molecule has 0 radical (unpaired) electrons. The zero-order valence-corrected chi connectivity index (χ0v) is 15.6. The van der Waals surface area contributed by atoms with Gasteiger partial charge in [0.1, 0.15) is 0 Å². The zero-order valence-electron chi connectivity index (χ0n) is 14.8. The average molecular weight is 391 g/mol. The molecule has 1 aromatic carbocycles. The van der Waals surface area contributed by atoms with Gasteiger partial charge in [0, 0.05) is 31.8 Å². The van der Waals surface area contributed by atoms with Crippen molar-refractivity contribution in [2.75, 3.05) is 25.5 Å². The molecule has 1 aromatic heterocycles. The van der Waals surface area contributed by atoms with Crippen molar-refractivity contribution in [3.8, 4) is 0 Å². The number of ether oxygens (including phenoxy) is 1. The van der Waals surface area contributed by atoms with Crippen LogP contribution < -0.4 is 11.1 Å². The average Bonchev–Trinajstić information content (AvgIpc) is 3.12. The fourth-order valence-electron chi connectivity index (χ4n) is 3.16. The van der Waals surface area contributed by atoms with Gasteiger partial charge in [-0.2, -0.15) is 0 Å². The van der Waals surface area contributed by atoms with Crippen LogP contribution in [-0.4, -0.2) is 58.4 Å². The molecule has 2 heterocycles. The topological polar surface area (TPSA) is 131 Å². The lowest BCUT2D eigenvalue weighted by atomic mass is 9.93. The van der Waals surface area contributed by atoms with Crippen LogP contribution in [0.5, 0.6) is 0 Å². The van der Waals surface area contributed by atoms with Gasteiger partial charge < -0.3 is 25.8 Å². The predicted molar refractivity (Wildman–Crippen MR) is 99.6 cm³/mol. The summed E-state index contributed by atoms with van der Waals surface area (Å²) in [7, 11) is 1.41. The first-order valence-corrected chi connectivity index (χ1v) is 9.28. The Bertz CT molecular complexity index is 807. The summed E-state index contributed by atoms with van der Waals surface area (Å²) in [5, 5.41) is 21.4. The zero-order chi connectivity index (χ0) is 19.4. The molecule has 3 rings (SSSR count). The van der Waals surface area contributed by atoms with Gasteiger partial charge in [-0.05, 0) is 12.8 Å². The molecule has 0 spiro atoms. The van der Waals surface area contributed by atoms with Crippen LogP contribution in [0.25, 0.3) is 0 Å². The van der Waals surface area contributed by atoms with E-state index in [0.29, 0.717) is 41.6 Å². The molecule has 27 heavy (non-hydrogen) atoms. The lowest BCUT2D eigenvalue weighted by Crippen LogP contribution is -2.44. The number of benzene rings is 1. The van der Waals surface area contributed by atoms with Crippen LogP contribution in [0.1, 0.15) is 23.4 Å². The number of hydrogen-bond donors (Lipinski definition) is 3. The molecule has 1 fully saturated rings. The Morgan fingerprint density at radius 3 is 2.52 bits per heavy atom. The fraction of sp³-hybridized carbons (Fsp3) is 0.412. The van der Waals surface area contributed by atoms with E-state index < -0.39 is 17.6 Å². The molecule has 0 bridgehead atoms. The van der Waals surface area contributed by atoms with E-state index in [1.165, 1.54) is 23.3 Å². The van der Waals surface area contributed by atoms with Gasteiger partial charge in [-0.3, -0.25) is 4.79 Å². The van der Waals surface area contributed by atoms with Crippen molar-refractivity contribution in [3.63, 3.8) is 0 Å². The van der Waals surface area contributed by atoms with Gasteiger partial charge in [0.05, 0.1) is 0 Å². The SMILES string of the molecule is CO[C@@](C(N)=O)(c1ccccc1)c1nnc(NC2CCN(C(=O)O)CC2)s1. The quantitative estimate of drug-likeness (QED) is 0.679. The molecule has 1 aliphatic heterocycles. The summed E-state index contributed by atoms with van der Waals surface area (Å²) < 4.78 is 5.55. The number of piperidine rings is 1. The van der Waals surface area contributed by atoms with Gasteiger partial charge in [0.15, 0.2) is 5.01 Å². The highest BCUT2D eigenvalue weighted by Crippen LogP contribution is 2.36. The van der Waals surface area contributed by atoms with E-state index in [9.17, 15) is 9.59 Å². The van der Waals surface area contributed by atoms with Crippen LogP contribution >= 0.6 is 11.3 Å². The van der Waals surface area contributed by atoms with Gasteiger partial charge in [-0.1, -0.05) is 41.7 Å². The molecule has 9 nitrogen and oxygen atoms in total. The third-order valence-electron chi connectivity index (χ3n) is 4.65. The Labute approximate surface area is 160 Å². The number of likely N-dealkylation sites (tertiary alicyclic amines) is 1. The molecule has 144 valence electrons. The van der Waals surface area contributed by atoms with Crippen molar-refractivity contribution in [2.45, 2.75) is 24.5 Å². The largest absolute Gasteiger partial charge is 0.465 e. The standard InChI is InChI=1S/C17H21N5O4S/c1-26-17(13(18)23,11-5-3-2-4-6-11)14-20-21-15(27-14)19-12-7-9-22(10-8-12)16(24)25/h2-6,12H,7-10H2,1H3,(H2,18,23)(H,19,21)(H,24,25)/t17-/m1/s1. The number of methoxy groups -OCH3 is 1. The van der Waals surface area contributed by atoms with Crippen LogP contribution in [0.3, 0.4) is 0 Å². The van der Waals surface area contributed by atoms with E-state index in [4.69, 9.17) is 15.6 Å². The number of nitrogens with zero attached hydrogens (tertiary/aromatic N) is 3. The van der Waals surface area contributed by atoms with Crippen molar-refractivity contribution in [2.24, 2.45) is 5.73 Å². The summed E-state index contributed by atoms with van der Waals surface area (Å²) in [6.07, 6.45) is 0.442. The Kier molecular flexibility index (Phi) is 5.57. The minimum atomic E-state index is -1.51. The Morgan fingerprint density at radius 2 is 1.96 bits per heavy atom. The first-order chi connectivity index (χ1) is 13.0. The number of carbonyl (C=O) groups excluding carboxylic acids is 1. The third kappa shape index (κ3) is 3.71. The highest BCUT2D eigenvalue weighted by molar-refractivity contribution is 7.15. The van der Waals surface area contributed by atoms with Crippen LogP contribution in [0, 0.1) is 0 Å². The minimum Gasteiger partial charge on any atom is -0.465 e. The molecular weight excluding hydrogens is 370 g/mol. The highest BCUT2D eigenvalue weighted by Gasteiger charge is 2.44. The minimum absolute atomic E-state index is 0.0867. The Morgan fingerprint density at radius 1 is 1.30 bits per heavy atom. The van der Waals surface area contributed by atoms with Crippen molar-refractivity contribution < 1.29 is 19.4 Å². The van der Waals surface area contributed by atoms with E-state index >= 15 is 0 Å². The maximum absolute atomic E-state index is 12.3. The third-order valence-corrected chi connectivity index (χ3v) is 5.61. The monoisotopic (exact) mass is 391 g/mol. The summed E-state index contributed by atoms with van der Waals surface area (Å²) in [6.45, 7) is 0.929. The number of primary amides is 1. The maximum atomic E-state index is 12.3. The van der Waals surface area contributed by atoms with Crippen molar-refractivity contribution in [1.29, 1.82) is 0 Å². The van der Waals surface area contributed by atoms with Crippen LogP contribution in [0.15, 0.2) is 30.3 Å². The van der Waals surface area contributed by atoms with Crippen molar-refractivity contribution in [3.05, 3.63) is 40.9 Å².